The highest BCUT2D eigenvalue weighted by atomic mass is 32.2. The number of benzene rings is 2. The SMILES string of the molecule is Cn1c2c(c3cc(S(=O)(=O)Nc4cccc(F)c4)ccc31)CCCC2. The van der Waals surface area contributed by atoms with Crippen molar-refractivity contribution in [3.63, 3.8) is 0 Å². The second-order valence-electron chi connectivity index (χ2n) is 6.49. The molecule has 1 aliphatic rings. The second-order valence-corrected chi connectivity index (χ2v) is 8.17. The van der Waals surface area contributed by atoms with E-state index in [-0.39, 0.29) is 10.6 Å². The number of fused-ring (bicyclic) bond motifs is 3. The van der Waals surface area contributed by atoms with E-state index in [2.05, 4.69) is 9.29 Å². The first-order chi connectivity index (χ1) is 12.0. The van der Waals surface area contributed by atoms with Gasteiger partial charge < -0.3 is 4.57 Å². The molecule has 1 heterocycles. The highest BCUT2D eigenvalue weighted by Gasteiger charge is 2.21. The van der Waals surface area contributed by atoms with Gasteiger partial charge >= 0.3 is 0 Å². The minimum atomic E-state index is -3.76. The summed E-state index contributed by atoms with van der Waals surface area (Å²) in [7, 11) is -1.73. The average Bonchev–Trinajstić information content (AvgIpc) is 2.87. The Kier molecular flexibility index (Phi) is 3.80. The lowest BCUT2D eigenvalue weighted by Crippen LogP contribution is -2.13. The maximum Gasteiger partial charge on any atom is 0.261 e. The molecule has 0 saturated heterocycles. The van der Waals surface area contributed by atoms with E-state index >= 15 is 0 Å². The fraction of sp³-hybridized carbons (Fsp3) is 0.263. The topological polar surface area (TPSA) is 51.1 Å². The minimum absolute atomic E-state index is 0.197. The highest BCUT2D eigenvalue weighted by Crippen LogP contribution is 2.33. The lowest BCUT2D eigenvalue weighted by Gasteiger charge is -2.13. The Morgan fingerprint density at radius 1 is 1.08 bits per heavy atom. The third-order valence-electron chi connectivity index (χ3n) is 4.89. The molecule has 0 bridgehead atoms. The number of aromatic nitrogens is 1. The lowest BCUT2D eigenvalue weighted by molar-refractivity contribution is 0.601. The Morgan fingerprint density at radius 3 is 2.68 bits per heavy atom. The van der Waals surface area contributed by atoms with Crippen LogP contribution in [0.4, 0.5) is 10.1 Å². The van der Waals surface area contributed by atoms with Crippen molar-refractivity contribution in [2.24, 2.45) is 7.05 Å². The van der Waals surface area contributed by atoms with E-state index in [9.17, 15) is 12.8 Å². The number of hydrogen-bond acceptors (Lipinski definition) is 2. The van der Waals surface area contributed by atoms with Crippen LogP contribution >= 0.6 is 0 Å². The van der Waals surface area contributed by atoms with Crippen molar-refractivity contribution < 1.29 is 12.8 Å². The van der Waals surface area contributed by atoms with Crippen LogP contribution in [0, 0.1) is 5.82 Å². The maximum atomic E-state index is 13.3. The van der Waals surface area contributed by atoms with Crippen molar-refractivity contribution in [1.82, 2.24) is 4.57 Å². The zero-order valence-electron chi connectivity index (χ0n) is 13.9. The van der Waals surface area contributed by atoms with Crippen LogP contribution in [0.3, 0.4) is 0 Å². The van der Waals surface area contributed by atoms with E-state index in [0.717, 1.165) is 30.2 Å². The molecular formula is C19H19FN2O2S. The summed E-state index contributed by atoms with van der Waals surface area (Å²) in [6.07, 6.45) is 4.31. The van der Waals surface area contributed by atoms with Crippen LogP contribution in [0.5, 0.6) is 0 Å². The van der Waals surface area contributed by atoms with Crippen molar-refractivity contribution in [2.75, 3.05) is 4.72 Å². The van der Waals surface area contributed by atoms with Gasteiger partial charge in [0.1, 0.15) is 5.82 Å². The molecule has 1 aromatic heterocycles. The van der Waals surface area contributed by atoms with Gasteiger partial charge in [0.25, 0.3) is 10.0 Å². The number of aryl methyl sites for hydroxylation is 2. The van der Waals surface area contributed by atoms with Crippen molar-refractivity contribution in [3.8, 4) is 0 Å². The molecule has 0 amide bonds. The highest BCUT2D eigenvalue weighted by molar-refractivity contribution is 7.92. The van der Waals surface area contributed by atoms with Gasteiger partial charge in [-0.3, -0.25) is 4.72 Å². The molecule has 0 spiro atoms. The summed E-state index contributed by atoms with van der Waals surface area (Å²) in [4.78, 5) is 0.197. The zero-order valence-corrected chi connectivity index (χ0v) is 14.7. The molecule has 25 heavy (non-hydrogen) atoms. The van der Waals surface area contributed by atoms with Crippen molar-refractivity contribution >= 4 is 26.6 Å². The lowest BCUT2D eigenvalue weighted by atomic mass is 9.96. The second kappa shape index (κ2) is 5.88. The maximum absolute atomic E-state index is 13.3. The molecule has 6 heteroatoms. The number of sulfonamides is 1. The predicted molar refractivity (Wildman–Crippen MR) is 96.8 cm³/mol. The molecule has 0 aliphatic heterocycles. The van der Waals surface area contributed by atoms with E-state index in [1.165, 1.54) is 41.9 Å². The van der Waals surface area contributed by atoms with Crippen molar-refractivity contribution in [2.45, 2.75) is 30.6 Å². The van der Waals surface area contributed by atoms with Gasteiger partial charge in [0.2, 0.25) is 0 Å². The summed E-state index contributed by atoms with van der Waals surface area (Å²) in [5, 5.41) is 0.999. The van der Waals surface area contributed by atoms with Gasteiger partial charge in [0, 0.05) is 23.6 Å². The van der Waals surface area contributed by atoms with Gasteiger partial charge in [-0.25, -0.2) is 12.8 Å². The number of rotatable bonds is 3. The third-order valence-corrected chi connectivity index (χ3v) is 6.26. The van der Waals surface area contributed by atoms with Crippen LogP contribution in [0.2, 0.25) is 0 Å². The molecule has 2 aromatic carbocycles. The Morgan fingerprint density at radius 2 is 1.88 bits per heavy atom. The molecule has 4 nitrogen and oxygen atoms in total. The van der Waals surface area contributed by atoms with Crippen LogP contribution in [0.1, 0.15) is 24.1 Å². The van der Waals surface area contributed by atoms with E-state index in [1.54, 1.807) is 12.1 Å². The van der Waals surface area contributed by atoms with Crippen molar-refractivity contribution in [3.05, 3.63) is 59.5 Å². The summed E-state index contributed by atoms with van der Waals surface area (Å²) in [5.74, 6) is -0.479. The third kappa shape index (κ3) is 2.80. The molecule has 130 valence electrons. The Hall–Kier alpha value is -2.34. The minimum Gasteiger partial charge on any atom is -0.347 e. The average molecular weight is 358 g/mol. The van der Waals surface area contributed by atoms with E-state index in [1.807, 2.05) is 13.1 Å². The van der Waals surface area contributed by atoms with Crippen LogP contribution < -0.4 is 4.72 Å². The molecule has 0 radical (unpaired) electrons. The van der Waals surface area contributed by atoms with Gasteiger partial charge in [-0.2, -0.15) is 0 Å². The molecule has 1 N–H and O–H groups in total. The van der Waals surface area contributed by atoms with Gasteiger partial charge in [-0.1, -0.05) is 6.07 Å². The first-order valence-corrected chi connectivity index (χ1v) is 9.82. The number of nitrogens with zero attached hydrogens (tertiary/aromatic N) is 1. The monoisotopic (exact) mass is 358 g/mol. The number of anilines is 1. The van der Waals surface area contributed by atoms with E-state index < -0.39 is 15.8 Å². The molecule has 4 rings (SSSR count). The van der Waals surface area contributed by atoms with Crippen LogP contribution in [-0.2, 0) is 29.9 Å². The fourth-order valence-corrected chi connectivity index (χ4v) is 4.75. The Labute approximate surface area is 146 Å². The molecule has 1 aliphatic carbocycles. The summed E-state index contributed by atoms with van der Waals surface area (Å²) in [6.45, 7) is 0. The predicted octanol–water partition coefficient (Wildman–Crippen LogP) is 4.00. The molecular weight excluding hydrogens is 339 g/mol. The van der Waals surface area contributed by atoms with Gasteiger partial charge in [0.15, 0.2) is 0 Å². The van der Waals surface area contributed by atoms with Crippen molar-refractivity contribution in [1.29, 1.82) is 0 Å². The Bertz CT molecular complexity index is 1070. The Balaban J connectivity index is 1.78. The van der Waals surface area contributed by atoms with Gasteiger partial charge in [-0.15, -0.1) is 0 Å². The number of halogens is 1. The van der Waals surface area contributed by atoms with E-state index in [4.69, 9.17) is 0 Å². The molecule has 0 atom stereocenters. The largest absolute Gasteiger partial charge is 0.347 e. The summed E-state index contributed by atoms with van der Waals surface area (Å²) < 4.78 is 43.3. The molecule has 0 unspecified atom stereocenters. The summed E-state index contributed by atoms with van der Waals surface area (Å²) in [5.41, 5.74) is 3.83. The fourth-order valence-electron chi connectivity index (χ4n) is 3.68. The van der Waals surface area contributed by atoms with Gasteiger partial charge in [-0.05, 0) is 67.6 Å². The van der Waals surface area contributed by atoms with Gasteiger partial charge in [0.05, 0.1) is 10.6 Å². The first-order valence-electron chi connectivity index (χ1n) is 8.34. The normalized spacial score (nSPS) is 14.5. The molecule has 0 fully saturated rings. The number of nitrogens with one attached hydrogen (secondary N) is 1. The summed E-state index contributed by atoms with van der Waals surface area (Å²) >= 11 is 0. The first kappa shape index (κ1) is 16.1. The molecule has 3 aromatic rings. The van der Waals surface area contributed by atoms with Crippen LogP contribution in [0.15, 0.2) is 47.4 Å². The number of hydrogen-bond donors (Lipinski definition) is 1. The van der Waals surface area contributed by atoms with Crippen LogP contribution in [-0.4, -0.2) is 13.0 Å². The zero-order chi connectivity index (χ0) is 17.6. The summed E-state index contributed by atoms with van der Waals surface area (Å²) in [6, 6.07) is 10.7. The van der Waals surface area contributed by atoms with Crippen LogP contribution in [0.25, 0.3) is 10.9 Å². The molecule has 0 saturated carbocycles. The standard InChI is InChI=1S/C19H19FN2O2S/c1-22-18-8-3-2-7-16(18)17-12-15(9-10-19(17)22)25(23,24)21-14-6-4-5-13(20)11-14/h4-6,9-12,21H,2-3,7-8H2,1H3. The van der Waals surface area contributed by atoms with E-state index in [0.29, 0.717) is 0 Å². The quantitative estimate of drug-likeness (QED) is 0.769. The smallest absolute Gasteiger partial charge is 0.261 e.